The van der Waals surface area contributed by atoms with Gasteiger partial charge in [0.2, 0.25) is 0 Å². The Bertz CT molecular complexity index is 925. The van der Waals surface area contributed by atoms with Gasteiger partial charge in [0.15, 0.2) is 6.54 Å². The second-order valence-corrected chi connectivity index (χ2v) is 7.59. The number of quaternary nitrogens is 1. The van der Waals surface area contributed by atoms with Crippen LogP contribution in [0.2, 0.25) is 0 Å². The summed E-state index contributed by atoms with van der Waals surface area (Å²) in [6, 6.07) is 22.4. The zero-order chi connectivity index (χ0) is 19.8. The van der Waals surface area contributed by atoms with E-state index in [-0.39, 0.29) is 11.9 Å². The molecule has 0 saturated carbocycles. The second-order valence-electron chi connectivity index (χ2n) is 6.61. The van der Waals surface area contributed by atoms with Crippen molar-refractivity contribution in [2.45, 2.75) is 25.8 Å². The summed E-state index contributed by atoms with van der Waals surface area (Å²) < 4.78 is 0. The Morgan fingerprint density at radius 3 is 2.43 bits per heavy atom. The molecule has 0 spiro atoms. The van der Waals surface area contributed by atoms with Crippen LogP contribution in [-0.2, 0) is 17.6 Å². The van der Waals surface area contributed by atoms with E-state index in [4.69, 9.17) is 5.26 Å². The van der Waals surface area contributed by atoms with Crippen LogP contribution >= 0.6 is 11.3 Å². The predicted octanol–water partition coefficient (Wildman–Crippen LogP) is 3.67. The van der Waals surface area contributed by atoms with Crippen LogP contribution in [0.3, 0.4) is 0 Å². The second kappa shape index (κ2) is 9.84. The van der Waals surface area contributed by atoms with Crippen LogP contribution in [0.15, 0.2) is 66.0 Å². The number of hydrogen-bond acceptors (Lipinski definition) is 3. The van der Waals surface area contributed by atoms with Gasteiger partial charge in [-0.3, -0.25) is 4.79 Å². The molecule has 3 aromatic rings. The maximum atomic E-state index is 12.4. The van der Waals surface area contributed by atoms with Crippen LogP contribution in [0.5, 0.6) is 0 Å². The molecule has 2 aromatic carbocycles. The summed E-state index contributed by atoms with van der Waals surface area (Å²) in [5, 5.41) is 15.8. The van der Waals surface area contributed by atoms with Crippen LogP contribution in [0.25, 0.3) is 0 Å². The smallest absolute Gasteiger partial charge is 0.279 e. The van der Waals surface area contributed by atoms with Gasteiger partial charge in [0.1, 0.15) is 6.04 Å². The fourth-order valence-corrected chi connectivity index (χ4v) is 3.93. The van der Waals surface area contributed by atoms with Crippen LogP contribution in [-0.4, -0.2) is 12.5 Å². The van der Waals surface area contributed by atoms with Crippen molar-refractivity contribution in [3.8, 4) is 6.07 Å². The molecule has 1 aromatic heterocycles. The molecule has 0 bridgehead atoms. The largest absolute Gasteiger partial charge is 0.328 e. The first kappa shape index (κ1) is 19.8. The summed E-state index contributed by atoms with van der Waals surface area (Å²) >= 11 is 1.71. The highest BCUT2D eigenvalue weighted by Crippen LogP contribution is 2.23. The van der Waals surface area contributed by atoms with Gasteiger partial charge in [-0.25, -0.2) is 0 Å². The molecule has 4 nitrogen and oxygen atoms in total. The van der Waals surface area contributed by atoms with Crippen molar-refractivity contribution in [2.24, 2.45) is 0 Å². The van der Waals surface area contributed by atoms with Crippen molar-refractivity contribution in [1.82, 2.24) is 0 Å². The number of nitriles is 1. The number of amides is 1. The molecule has 0 aliphatic rings. The molecular formula is C23H24N3OS+. The fourth-order valence-electron chi connectivity index (χ4n) is 3.08. The number of benzene rings is 2. The number of nitrogens with one attached hydrogen (secondary N) is 1. The van der Waals surface area contributed by atoms with Gasteiger partial charge in [-0.05, 0) is 41.1 Å². The summed E-state index contributed by atoms with van der Waals surface area (Å²) in [4.78, 5) is 13.7. The van der Waals surface area contributed by atoms with Crippen LogP contribution in [0, 0.1) is 11.3 Å². The summed E-state index contributed by atoms with van der Waals surface area (Å²) in [7, 11) is 0. The van der Waals surface area contributed by atoms with E-state index in [1.54, 1.807) is 11.3 Å². The lowest BCUT2D eigenvalue weighted by molar-refractivity contribution is -0.675. The van der Waals surface area contributed by atoms with Crippen LogP contribution in [0.1, 0.15) is 34.5 Å². The Morgan fingerprint density at radius 2 is 1.82 bits per heavy atom. The highest BCUT2D eigenvalue weighted by atomic mass is 32.1. The van der Waals surface area contributed by atoms with Crippen molar-refractivity contribution >= 4 is 22.9 Å². The molecule has 3 rings (SSSR count). The van der Waals surface area contributed by atoms with E-state index in [9.17, 15) is 4.79 Å². The van der Waals surface area contributed by atoms with E-state index < -0.39 is 0 Å². The van der Waals surface area contributed by atoms with Crippen molar-refractivity contribution in [3.05, 3.63) is 87.6 Å². The molecule has 142 valence electrons. The van der Waals surface area contributed by atoms with Crippen molar-refractivity contribution in [1.29, 1.82) is 5.26 Å². The molecule has 1 atom stereocenters. The van der Waals surface area contributed by atoms with Gasteiger partial charge in [-0.2, -0.15) is 5.26 Å². The third-order valence-corrected chi connectivity index (χ3v) is 5.61. The van der Waals surface area contributed by atoms with E-state index in [1.807, 2.05) is 30.3 Å². The Morgan fingerprint density at radius 1 is 1.11 bits per heavy atom. The maximum absolute atomic E-state index is 12.4. The van der Waals surface area contributed by atoms with Gasteiger partial charge in [-0.15, -0.1) is 11.3 Å². The van der Waals surface area contributed by atoms with Crippen LogP contribution < -0.4 is 10.6 Å². The number of aryl methyl sites for hydroxylation is 1. The lowest BCUT2D eigenvalue weighted by Crippen LogP contribution is -2.87. The van der Waals surface area contributed by atoms with E-state index in [2.05, 4.69) is 59.3 Å². The average Bonchev–Trinajstić information content (AvgIpc) is 3.25. The molecule has 3 N–H and O–H groups in total. The molecule has 1 amide bonds. The zero-order valence-corrected chi connectivity index (χ0v) is 16.7. The minimum Gasteiger partial charge on any atom is -0.328 e. The number of rotatable bonds is 8. The van der Waals surface area contributed by atoms with Gasteiger partial charge in [-0.1, -0.05) is 49.4 Å². The number of nitrogens with zero attached hydrogens (tertiary/aromatic N) is 1. The van der Waals surface area contributed by atoms with Gasteiger partial charge >= 0.3 is 0 Å². The first-order valence-corrected chi connectivity index (χ1v) is 10.3. The van der Waals surface area contributed by atoms with E-state index in [0.29, 0.717) is 13.0 Å². The highest BCUT2D eigenvalue weighted by molar-refractivity contribution is 7.10. The monoisotopic (exact) mass is 390 g/mol. The van der Waals surface area contributed by atoms with Gasteiger partial charge in [0.25, 0.3) is 5.91 Å². The standard InChI is InChI=1S/C23H23N3OS/c1-2-17-5-9-19(10-6-17)23(21-4-3-15-28-21)25-16-22(27)26-20-11-7-18(8-12-20)13-14-24/h3-12,15,23,25H,2,13,16H2,1H3,(H,26,27)/p+1/t23-/m1/s1. The summed E-state index contributed by atoms with van der Waals surface area (Å²) in [5.74, 6) is -0.0419. The molecule has 5 heteroatoms. The Balaban J connectivity index is 1.64. The zero-order valence-electron chi connectivity index (χ0n) is 15.9. The number of carbonyl (C=O) groups excluding carboxylic acids is 1. The highest BCUT2D eigenvalue weighted by Gasteiger charge is 2.20. The van der Waals surface area contributed by atoms with E-state index in [0.717, 1.165) is 17.7 Å². The first-order chi connectivity index (χ1) is 13.7. The van der Waals surface area contributed by atoms with Crippen molar-refractivity contribution in [2.75, 3.05) is 11.9 Å². The van der Waals surface area contributed by atoms with E-state index >= 15 is 0 Å². The number of hydrogen-bond donors (Lipinski definition) is 2. The Labute approximate surface area is 169 Å². The molecule has 28 heavy (non-hydrogen) atoms. The SMILES string of the molecule is CCc1ccc([C@@H]([NH2+]CC(=O)Nc2ccc(CC#N)cc2)c2cccs2)cc1. The van der Waals surface area contributed by atoms with Crippen LogP contribution in [0.4, 0.5) is 5.69 Å². The molecule has 1 heterocycles. The molecule has 0 unspecified atom stereocenters. The van der Waals surface area contributed by atoms with Crippen molar-refractivity contribution in [3.63, 3.8) is 0 Å². The Hall–Kier alpha value is -2.94. The maximum Gasteiger partial charge on any atom is 0.279 e. The normalized spacial score (nSPS) is 11.6. The molecule has 0 aliphatic heterocycles. The van der Waals surface area contributed by atoms with Gasteiger partial charge in [0, 0.05) is 11.3 Å². The van der Waals surface area contributed by atoms with Gasteiger partial charge in [0.05, 0.1) is 17.4 Å². The third kappa shape index (κ3) is 5.29. The fraction of sp³-hybridized carbons (Fsp3) is 0.217. The summed E-state index contributed by atoms with van der Waals surface area (Å²) in [6.45, 7) is 2.48. The topological polar surface area (TPSA) is 69.5 Å². The summed E-state index contributed by atoms with van der Waals surface area (Å²) in [5.41, 5.74) is 4.21. The van der Waals surface area contributed by atoms with E-state index in [1.165, 1.54) is 16.0 Å². The minimum atomic E-state index is -0.0419. The lowest BCUT2D eigenvalue weighted by Gasteiger charge is -2.15. The quantitative estimate of drug-likeness (QED) is 0.616. The average molecular weight is 391 g/mol. The summed E-state index contributed by atoms with van der Waals surface area (Å²) in [6.07, 6.45) is 1.39. The molecular weight excluding hydrogens is 366 g/mol. The number of thiophene rings is 1. The number of anilines is 1. The first-order valence-electron chi connectivity index (χ1n) is 9.41. The minimum absolute atomic E-state index is 0.0419. The van der Waals surface area contributed by atoms with Gasteiger partial charge < -0.3 is 10.6 Å². The molecule has 0 fully saturated rings. The third-order valence-electron chi connectivity index (χ3n) is 4.66. The van der Waals surface area contributed by atoms with Crippen molar-refractivity contribution < 1.29 is 10.1 Å². The molecule has 0 aliphatic carbocycles. The Kier molecular flexibility index (Phi) is 6.96. The molecule has 0 radical (unpaired) electrons. The molecule has 0 saturated heterocycles. The number of carbonyl (C=O) groups is 1. The lowest BCUT2D eigenvalue weighted by atomic mass is 10.0. The predicted molar refractivity (Wildman–Crippen MR) is 113 cm³/mol. The number of nitrogens with two attached hydrogens (primary N) is 1.